The molecule has 1 N–H and O–H groups in total. The molecule has 2 aromatic rings. The summed E-state index contributed by atoms with van der Waals surface area (Å²) in [4.78, 5) is 14.2. The van der Waals surface area contributed by atoms with Crippen LogP contribution in [0.5, 0.6) is 0 Å². The first-order valence-electron chi connectivity index (χ1n) is 8.28. The van der Waals surface area contributed by atoms with Crippen molar-refractivity contribution in [3.05, 3.63) is 52.1 Å². The topological polar surface area (TPSA) is 45.5 Å². The molecular weight excluding hydrogens is 320 g/mol. The lowest BCUT2D eigenvalue weighted by Crippen LogP contribution is -2.33. The van der Waals surface area contributed by atoms with Gasteiger partial charge in [0.1, 0.15) is 11.5 Å². The third kappa shape index (κ3) is 4.16. The molecule has 0 aromatic carbocycles. The van der Waals surface area contributed by atoms with Crippen LogP contribution in [0.15, 0.2) is 39.5 Å². The molecule has 3 atom stereocenters. The highest BCUT2D eigenvalue weighted by Gasteiger charge is 2.36. The Balaban J connectivity index is 1.52. The summed E-state index contributed by atoms with van der Waals surface area (Å²) in [5.74, 6) is 2.95. The number of carbonyl (C=O) groups is 1. The summed E-state index contributed by atoms with van der Waals surface area (Å²) in [6.07, 6.45) is 4.48. The van der Waals surface area contributed by atoms with Crippen LogP contribution in [0, 0.1) is 5.92 Å². The summed E-state index contributed by atoms with van der Waals surface area (Å²) < 4.78 is 5.78. The Morgan fingerprint density at radius 3 is 2.88 bits per heavy atom. The Labute approximate surface area is 147 Å². The molecule has 0 saturated heterocycles. The van der Waals surface area contributed by atoms with Crippen LogP contribution in [0.3, 0.4) is 0 Å². The second-order valence-electron chi connectivity index (χ2n) is 6.67. The van der Waals surface area contributed by atoms with Gasteiger partial charge in [0.05, 0.1) is 6.04 Å². The van der Waals surface area contributed by atoms with Gasteiger partial charge in [0.2, 0.25) is 5.91 Å². The molecule has 128 valence electrons. The minimum absolute atomic E-state index is 0.102. The molecule has 1 aliphatic carbocycles. The van der Waals surface area contributed by atoms with E-state index in [1.807, 2.05) is 26.2 Å². The second-order valence-corrected chi connectivity index (χ2v) is 7.45. The van der Waals surface area contributed by atoms with E-state index in [1.165, 1.54) is 12.0 Å². The summed E-state index contributed by atoms with van der Waals surface area (Å²) in [6, 6.07) is 6.23. The molecule has 2 heterocycles. The van der Waals surface area contributed by atoms with Crippen LogP contribution in [-0.4, -0.2) is 31.4 Å². The summed E-state index contributed by atoms with van der Waals surface area (Å²) in [7, 11) is 4.04. The molecule has 3 unspecified atom stereocenters. The molecule has 0 bridgehead atoms. The number of carbonyl (C=O) groups excluding carboxylic acids is 1. The first-order chi connectivity index (χ1) is 11.5. The van der Waals surface area contributed by atoms with Crippen molar-refractivity contribution in [2.24, 2.45) is 5.92 Å². The van der Waals surface area contributed by atoms with Gasteiger partial charge < -0.3 is 14.6 Å². The van der Waals surface area contributed by atoms with E-state index in [0.29, 0.717) is 12.5 Å². The van der Waals surface area contributed by atoms with Crippen molar-refractivity contribution in [3.8, 4) is 0 Å². The van der Waals surface area contributed by atoms with Crippen molar-refractivity contribution < 1.29 is 9.21 Å². The van der Waals surface area contributed by atoms with Crippen molar-refractivity contribution in [1.82, 2.24) is 10.2 Å². The van der Waals surface area contributed by atoms with Gasteiger partial charge in [0.25, 0.3) is 0 Å². The number of furan rings is 1. The number of likely N-dealkylation sites (N-methyl/N-ethyl adjacent to an activating group) is 1. The summed E-state index contributed by atoms with van der Waals surface area (Å²) in [5, 5.41) is 7.15. The van der Waals surface area contributed by atoms with Crippen LogP contribution in [0.4, 0.5) is 0 Å². The molecule has 0 radical (unpaired) electrons. The van der Waals surface area contributed by atoms with Gasteiger partial charge >= 0.3 is 0 Å². The average Bonchev–Trinajstić information content (AvgIpc) is 2.99. The van der Waals surface area contributed by atoms with Crippen LogP contribution in [0.1, 0.15) is 42.4 Å². The van der Waals surface area contributed by atoms with Crippen molar-refractivity contribution in [2.45, 2.75) is 25.3 Å². The van der Waals surface area contributed by atoms with Gasteiger partial charge in [-0.2, -0.15) is 11.3 Å². The molecule has 1 aliphatic rings. The second kappa shape index (κ2) is 7.36. The zero-order chi connectivity index (χ0) is 17.1. The monoisotopic (exact) mass is 344 g/mol. The molecule has 24 heavy (non-hydrogen) atoms. The lowest BCUT2D eigenvalue weighted by Gasteiger charge is -2.23. The number of amides is 1. The maximum absolute atomic E-state index is 12.1. The first-order valence-corrected chi connectivity index (χ1v) is 9.23. The normalized spacial score (nSPS) is 21.3. The molecule has 1 amide bonds. The highest BCUT2D eigenvalue weighted by molar-refractivity contribution is 7.07. The fourth-order valence-corrected chi connectivity index (χ4v) is 3.56. The van der Waals surface area contributed by atoms with Gasteiger partial charge in [-0.05, 0) is 67.0 Å². The Morgan fingerprint density at radius 2 is 2.25 bits per heavy atom. The molecule has 4 nitrogen and oxygen atoms in total. The number of nitrogens with zero attached hydrogens (tertiary/aromatic N) is 1. The third-order valence-electron chi connectivity index (χ3n) is 4.54. The lowest BCUT2D eigenvalue weighted by molar-refractivity contribution is -0.116. The quantitative estimate of drug-likeness (QED) is 0.775. The fourth-order valence-electron chi connectivity index (χ4n) is 2.85. The minimum atomic E-state index is -0.102. The van der Waals surface area contributed by atoms with Gasteiger partial charge in [-0.25, -0.2) is 0 Å². The molecule has 5 heteroatoms. The number of rotatable bonds is 7. The van der Waals surface area contributed by atoms with Gasteiger partial charge in [-0.15, -0.1) is 0 Å². The van der Waals surface area contributed by atoms with Crippen LogP contribution in [0.2, 0.25) is 0 Å². The number of thiophene rings is 1. The zero-order valence-corrected chi connectivity index (χ0v) is 15.2. The van der Waals surface area contributed by atoms with Gasteiger partial charge in [0, 0.05) is 18.5 Å². The summed E-state index contributed by atoms with van der Waals surface area (Å²) in [6.45, 7) is 2.81. The Kier molecular flexibility index (Phi) is 5.21. The number of nitrogens with one attached hydrogen (secondary N) is 1. The van der Waals surface area contributed by atoms with E-state index >= 15 is 0 Å². The minimum Gasteiger partial charge on any atom is -0.461 e. The third-order valence-corrected chi connectivity index (χ3v) is 5.24. The van der Waals surface area contributed by atoms with E-state index in [2.05, 4.69) is 34.0 Å². The van der Waals surface area contributed by atoms with Gasteiger partial charge in [0.15, 0.2) is 0 Å². The molecule has 1 fully saturated rings. The molecule has 1 saturated carbocycles. The highest BCUT2D eigenvalue weighted by Crippen LogP contribution is 2.47. The lowest BCUT2D eigenvalue weighted by atomic mass is 10.1. The van der Waals surface area contributed by atoms with Crippen LogP contribution in [-0.2, 0) is 4.79 Å². The van der Waals surface area contributed by atoms with Crippen molar-refractivity contribution >= 4 is 23.3 Å². The van der Waals surface area contributed by atoms with E-state index in [-0.39, 0.29) is 11.9 Å². The summed E-state index contributed by atoms with van der Waals surface area (Å²) >= 11 is 1.67. The van der Waals surface area contributed by atoms with Crippen molar-refractivity contribution in [1.29, 1.82) is 0 Å². The molecular formula is C19H24N2O2S. The predicted molar refractivity (Wildman–Crippen MR) is 98.0 cm³/mol. The fraction of sp³-hybridized carbons (Fsp3) is 0.421. The van der Waals surface area contributed by atoms with Gasteiger partial charge in [-0.3, -0.25) is 4.79 Å². The van der Waals surface area contributed by atoms with E-state index in [4.69, 9.17) is 4.42 Å². The number of hydrogen-bond donors (Lipinski definition) is 1. The molecule has 0 aliphatic heterocycles. The Bertz CT molecular complexity index is 703. The van der Waals surface area contributed by atoms with Crippen LogP contribution in [0.25, 0.3) is 6.08 Å². The smallest absolute Gasteiger partial charge is 0.244 e. The standard InChI is InChI=1S/C19H24N2O2S/c1-13-10-16(13)18-6-4-15(23-18)5-7-19(22)20-11-17(21(2)3)14-8-9-24-12-14/h4-9,12-13,16-17H,10-11H2,1-3H3,(H,20,22)/b7-5+. The molecule has 2 aromatic heterocycles. The number of hydrogen-bond acceptors (Lipinski definition) is 4. The van der Waals surface area contributed by atoms with E-state index in [0.717, 1.165) is 17.4 Å². The van der Waals surface area contributed by atoms with E-state index < -0.39 is 0 Å². The predicted octanol–water partition coefficient (Wildman–Crippen LogP) is 3.90. The maximum atomic E-state index is 12.1. The first kappa shape index (κ1) is 17.0. The van der Waals surface area contributed by atoms with Crippen molar-refractivity contribution in [2.75, 3.05) is 20.6 Å². The highest BCUT2D eigenvalue weighted by atomic mass is 32.1. The maximum Gasteiger partial charge on any atom is 0.244 e. The Morgan fingerprint density at radius 1 is 1.46 bits per heavy atom. The zero-order valence-electron chi connectivity index (χ0n) is 14.4. The average molecular weight is 344 g/mol. The summed E-state index contributed by atoms with van der Waals surface area (Å²) in [5.41, 5.74) is 1.23. The van der Waals surface area contributed by atoms with Crippen molar-refractivity contribution in [3.63, 3.8) is 0 Å². The van der Waals surface area contributed by atoms with Crippen LogP contribution >= 0.6 is 11.3 Å². The van der Waals surface area contributed by atoms with Gasteiger partial charge in [-0.1, -0.05) is 6.92 Å². The van der Waals surface area contributed by atoms with E-state index in [9.17, 15) is 4.79 Å². The SMILES string of the molecule is CC1CC1c1ccc(/C=C/C(=O)NCC(c2ccsc2)N(C)C)o1. The van der Waals surface area contributed by atoms with E-state index in [1.54, 1.807) is 23.5 Å². The van der Waals surface area contributed by atoms with Crippen LogP contribution < -0.4 is 5.32 Å². The molecule has 0 spiro atoms. The largest absolute Gasteiger partial charge is 0.461 e. The Hall–Kier alpha value is -1.85. The molecule has 3 rings (SSSR count).